The first-order valence-electron chi connectivity index (χ1n) is 5.09. The summed E-state index contributed by atoms with van der Waals surface area (Å²) >= 11 is 0. The SMILES string of the molecule is CC(C)(CO)c1cnc2ccccc2c1. The Kier molecular flexibility index (Phi) is 2.45. The molecule has 0 saturated carbocycles. The lowest BCUT2D eigenvalue weighted by atomic mass is 9.86. The number of nitrogens with zero attached hydrogens (tertiary/aromatic N) is 1. The summed E-state index contributed by atoms with van der Waals surface area (Å²) in [6.07, 6.45) is 1.85. The van der Waals surface area contributed by atoms with E-state index in [0.717, 1.165) is 16.5 Å². The Hall–Kier alpha value is -1.41. The maximum Gasteiger partial charge on any atom is 0.0702 e. The Morgan fingerprint density at radius 1 is 1.27 bits per heavy atom. The molecule has 0 aliphatic carbocycles. The highest BCUT2D eigenvalue weighted by Crippen LogP contribution is 2.24. The molecular weight excluding hydrogens is 186 g/mol. The van der Waals surface area contributed by atoms with Gasteiger partial charge in [0.05, 0.1) is 12.1 Å². The molecule has 0 unspecified atom stereocenters. The molecule has 0 amide bonds. The molecule has 0 saturated heterocycles. The molecule has 1 aromatic heterocycles. The standard InChI is InChI=1S/C13H15NO/c1-13(2,9-15)11-7-10-5-3-4-6-12(10)14-8-11/h3-8,15H,9H2,1-2H3. The Morgan fingerprint density at radius 3 is 2.73 bits per heavy atom. The molecular formula is C13H15NO. The van der Waals surface area contributed by atoms with Gasteiger partial charge in [0, 0.05) is 17.0 Å². The number of rotatable bonds is 2. The van der Waals surface area contributed by atoms with Crippen LogP contribution in [0.4, 0.5) is 0 Å². The minimum Gasteiger partial charge on any atom is -0.395 e. The normalized spacial score (nSPS) is 11.9. The summed E-state index contributed by atoms with van der Waals surface area (Å²) in [4.78, 5) is 4.38. The van der Waals surface area contributed by atoms with Crippen molar-refractivity contribution in [3.8, 4) is 0 Å². The molecule has 0 atom stereocenters. The number of hydrogen-bond donors (Lipinski definition) is 1. The lowest BCUT2D eigenvalue weighted by molar-refractivity contribution is 0.218. The zero-order valence-corrected chi connectivity index (χ0v) is 9.07. The van der Waals surface area contributed by atoms with Gasteiger partial charge in [0.15, 0.2) is 0 Å². The van der Waals surface area contributed by atoms with Gasteiger partial charge in [-0.2, -0.15) is 0 Å². The quantitative estimate of drug-likeness (QED) is 0.809. The molecule has 0 spiro atoms. The fraction of sp³-hybridized carbons (Fsp3) is 0.308. The molecule has 1 aromatic carbocycles. The van der Waals surface area contributed by atoms with Crippen LogP contribution in [0.2, 0.25) is 0 Å². The smallest absolute Gasteiger partial charge is 0.0702 e. The van der Waals surface area contributed by atoms with Gasteiger partial charge in [-0.15, -0.1) is 0 Å². The van der Waals surface area contributed by atoms with Gasteiger partial charge < -0.3 is 5.11 Å². The van der Waals surface area contributed by atoms with E-state index in [-0.39, 0.29) is 12.0 Å². The largest absolute Gasteiger partial charge is 0.395 e. The second kappa shape index (κ2) is 3.63. The Morgan fingerprint density at radius 2 is 2.00 bits per heavy atom. The first-order valence-corrected chi connectivity index (χ1v) is 5.09. The van der Waals surface area contributed by atoms with Gasteiger partial charge in [0.2, 0.25) is 0 Å². The lowest BCUT2D eigenvalue weighted by Gasteiger charge is -2.21. The summed E-state index contributed by atoms with van der Waals surface area (Å²) in [5.41, 5.74) is 1.84. The molecule has 2 heteroatoms. The first-order chi connectivity index (χ1) is 7.13. The van der Waals surface area contributed by atoms with Crippen LogP contribution >= 0.6 is 0 Å². The third-order valence-electron chi connectivity index (χ3n) is 2.77. The van der Waals surface area contributed by atoms with E-state index in [0.29, 0.717) is 0 Å². The number of aliphatic hydroxyl groups excluding tert-OH is 1. The van der Waals surface area contributed by atoms with Gasteiger partial charge in [-0.05, 0) is 17.7 Å². The van der Waals surface area contributed by atoms with E-state index < -0.39 is 0 Å². The van der Waals surface area contributed by atoms with Gasteiger partial charge in [0.25, 0.3) is 0 Å². The molecule has 0 radical (unpaired) electrons. The third kappa shape index (κ3) is 1.85. The van der Waals surface area contributed by atoms with E-state index >= 15 is 0 Å². The predicted octanol–water partition coefficient (Wildman–Crippen LogP) is 2.50. The molecule has 2 rings (SSSR count). The van der Waals surface area contributed by atoms with E-state index in [1.54, 1.807) is 0 Å². The summed E-state index contributed by atoms with van der Waals surface area (Å²) in [6.45, 7) is 4.16. The van der Waals surface area contributed by atoms with E-state index in [1.165, 1.54) is 0 Å². The number of aromatic nitrogens is 1. The van der Waals surface area contributed by atoms with Crippen LogP contribution in [0.1, 0.15) is 19.4 Å². The molecule has 0 bridgehead atoms. The number of hydrogen-bond acceptors (Lipinski definition) is 2. The molecule has 0 aliphatic heterocycles. The van der Waals surface area contributed by atoms with Gasteiger partial charge in [-0.3, -0.25) is 4.98 Å². The van der Waals surface area contributed by atoms with E-state index in [4.69, 9.17) is 0 Å². The fourth-order valence-electron chi connectivity index (χ4n) is 1.53. The van der Waals surface area contributed by atoms with Crippen molar-refractivity contribution in [1.29, 1.82) is 0 Å². The average Bonchev–Trinajstić information content (AvgIpc) is 2.28. The van der Waals surface area contributed by atoms with Crippen molar-refractivity contribution in [1.82, 2.24) is 4.98 Å². The van der Waals surface area contributed by atoms with Crippen LogP contribution in [-0.2, 0) is 5.41 Å². The van der Waals surface area contributed by atoms with Gasteiger partial charge in [-0.1, -0.05) is 32.0 Å². The van der Waals surface area contributed by atoms with Gasteiger partial charge in [0.1, 0.15) is 0 Å². The van der Waals surface area contributed by atoms with Crippen LogP contribution < -0.4 is 0 Å². The Labute approximate surface area is 89.6 Å². The third-order valence-corrected chi connectivity index (χ3v) is 2.77. The molecule has 0 aliphatic rings. The summed E-state index contributed by atoms with van der Waals surface area (Å²) < 4.78 is 0. The van der Waals surface area contributed by atoms with Gasteiger partial charge >= 0.3 is 0 Å². The van der Waals surface area contributed by atoms with E-state index in [2.05, 4.69) is 11.1 Å². The summed E-state index contributed by atoms with van der Waals surface area (Å²) in [6, 6.07) is 10.1. The van der Waals surface area contributed by atoms with Crippen LogP contribution in [0, 0.1) is 0 Å². The first kappa shape index (κ1) is 10.1. The van der Waals surface area contributed by atoms with Crippen molar-refractivity contribution in [2.75, 3.05) is 6.61 Å². The molecule has 15 heavy (non-hydrogen) atoms. The Balaban J connectivity index is 2.56. The van der Waals surface area contributed by atoms with Crippen LogP contribution in [-0.4, -0.2) is 16.7 Å². The highest BCUT2D eigenvalue weighted by Gasteiger charge is 2.19. The van der Waals surface area contributed by atoms with Crippen molar-refractivity contribution in [2.24, 2.45) is 0 Å². The molecule has 2 nitrogen and oxygen atoms in total. The average molecular weight is 201 g/mol. The second-order valence-electron chi connectivity index (χ2n) is 4.46. The monoisotopic (exact) mass is 201 g/mol. The second-order valence-corrected chi connectivity index (χ2v) is 4.46. The maximum absolute atomic E-state index is 9.29. The Bertz CT molecular complexity index is 477. The van der Waals surface area contributed by atoms with Crippen LogP contribution in [0.15, 0.2) is 36.5 Å². The highest BCUT2D eigenvalue weighted by molar-refractivity contribution is 5.78. The molecule has 2 aromatic rings. The topological polar surface area (TPSA) is 33.1 Å². The van der Waals surface area contributed by atoms with Crippen molar-refractivity contribution >= 4 is 10.9 Å². The summed E-state index contributed by atoms with van der Waals surface area (Å²) in [5.74, 6) is 0. The zero-order valence-electron chi connectivity index (χ0n) is 9.07. The minimum absolute atomic E-state index is 0.132. The maximum atomic E-state index is 9.29. The predicted molar refractivity (Wildman–Crippen MR) is 61.9 cm³/mol. The van der Waals surface area contributed by atoms with Crippen LogP contribution in [0.3, 0.4) is 0 Å². The van der Waals surface area contributed by atoms with Crippen LogP contribution in [0.25, 0.3) is 10.9 Å². The zero-order chi connectivity index (χ0) is 10.9. The number of benzene rings is 1. The summed E-state index contributed by atoms with van der Waals surface area (Å²) in [5, 5.41) is 10.4. The lowest BCUT2D eigenvalue weighted by Crippen LogP contribution is -2.22. The number of fused-ring (bicyclic) bond motifs is 1. The van der Waals surface area contributed by atoms with Gasteiger partial charge in [-0.25, -0.2) is 0 Å². The van der Waals surface area contributed by atoms with Crippen molar-refractivity contribution in [3.05, 3.63) is 42.1 Å². The van der Waals surface area contributed by atoms with E-state index in [9.17, 15) is 5.11 Å². The molecule has 1 N–H and O–H groups in total. The van der Waals surface area contributed by atoms with Crippen molar-refractivity contribution < 1.29 is 5.11 Å². The summed E-state index contributed by atoms with van der Waals surface area (Å²) in [7, 11) is 0. The molecule has 1 heterocycles. The molecule has 78 valence electrons. The van der Waals surface area contributed by atoms with Crippen molar-refractivity contribution in [3.63, 3.8) is 0 Å². The number of para-hydroxylation sites is 1. The number of pyridine rings is 1. The highest BCUT2D eigenvalue weighted by atomic mass is 16.3. The fourth-order valence-corrected chi connectivity index (χ4v) is 1.53. The minimum atomic E-state index is -0.225. The van der Waals surface area contributed by atoms with Crippen LogP contribution in [0.5, 0.6) is 0 Å². The molecule has 0 fully saturated rings. The van der Waals surface area contributed by atoms with Crippen molar-refractivity contribution in [2.45, 2.75) is 19.3 Å². The van der Waals surface area contributed by atoms with E-state index in [1.807, 2.05) is 44.3 Å². The number of aliphatic hydroxyl groups is 1.